The van der Waals surface area contributed by atoms with Gasteiger partial charge in [0.15, 0.2) is 0 Å². The van der Waals surface area contributed by atoms with Crippen LogP contribution in [0.15, 0.2) is 40.9 Å². The Hall–Kier alpha value is -1.19. The number of nitrogens with one attached hydrogen (secondary N) is 1. The first-order valence-corrected chi connectivity index (χ1v) is 7.61. The van der Waals surface area contributed by atoms with Crippen LogP contribution >= 0.6 is 27.5 Å². The van der Waals surface area contributed by atoms with Gasteiger partial charge in [-0.05, 0) is 36.2 Å². The van der Waals surface area contributed by atoms with Gasteiger partial charge in [0, 0.05) is 25.1 Å². The summed E-state index contributed by atoms with van der Waals surface area (Å²) in [5.74, 6) is 0. The fraction of sp³-hybridized carbons (Fsp3) is 0.250. The summed E-state index contributed by atoms with van der Waals surface area (Å²) in [7, 11) is 3.99. The molecule has 106 valence electrons. The van der Waals surface area contributed by atoms with Gasteiger partial charge in [-0.3, -0.25) is 0 Å². The fourth-order valence-corrected chi connectivity index (χ4v) is 2.72. The van der Waals surface area contributed by atoms with Gasteiger partial charge in [-0.15, -0.1) is 0 Å². The SMILES string of the molecule is Cc1cc(CNc2cccc(Cl)c2N(C)C)ccc1Br. The van der Waals surface area contributed by atoms with Crippen molar-refractivity contribution in [3.05, 3.63) is 57.0 Å². The molecule has 0 bridgehead atoms. The summed E-state index contributed by atoms with van der Waals surface area (Å²) in [4.78, 5) is 2.03. The second kappa shape index (κ2) is 6.51. The lowest BCUT2D eigenvalue weighted by atomic mass is 10.1. The van der Waals surface area contributed by atoms with Crippen LogP contribution in [-0.2, 0) is 6.54 Å². The summed E-state index contributed by atoms with van der Waals surface area (Å²) < 4.78 is 1.14. The molecule has 2 aromatic rings. The van der Waals surface area contributed by atoms with Crippen LogP contribution in [0.3, 0.4) is 0 Å². The first-order chi connectivity index (χ1) is 9.49. The average Bonchev–Trinajstić information content (AvgIpc) is 2.39. The van der Waals surface area contributed by atoms with Crippen LogP contribution < -0.4 is 10.2 Å². The molecule has 20 heavy (non-hydrogen) atoms. The molecule has 0 aliphatic rings. The van der Waals surface area contributed by atoms with Crippen molar-refractivity contribution >= 4 is 38.9 Å². The highest BCUT2D eigenvalue weighted by molar-refractivity contribution is 9.10. The molecule has 0 amide bonds. The monoisotopic (exact) mass is 352 g/mol. The Labute approximate surface area is 133 Å². The molecule has 0 spiro atoms. The van der Waals surface area contributed by atoms with Crippen molar-refractivity contribution in [1.29, 1.82) is 0 Å². The highest BCUT2D eigenvalue weighted by atomic mass is 79.9. The van der Waals surface area contributed by atoms with Gasteiger partial charge in [-0.2, -0.15) is 0 Å². The van der Waals surface area contributed by atoms with Crippen molar-refractivity contribution in [2.24, 2.45) is 0 Å². The second-order valence-corrected chi connectivity index (χ2v) is 6.23. The number of rotatable bonds is 4. The molecule has 2 aromatic carbocycles. The van der Waals surface area contributed by atoms with Crippen LogP contribution in [0.1, 0.15) is 11.1 Å². The summed E-state index contributed by atoms with van der Waals surface area (Å²) in [6, 6.07) is 12.3. The predicted molar refractivity (Wildman–Crippen MR) is 92.0 cm³/mol. The Morgan fingerprint density at radius 2 is 1.95 bits per heavy atom. The Morgan fingerprint density at radius 1 is 1.20 bits per heavy atom. The van der Waals surface area contributed by atoms with E-state index < -0.39 is 0 Å². The molecule has 2 nitrogen and oxygen atoms in total. The topological polar surface area (TPSA) is 15.3 Å². The molecule has 0 aromatic heterocycles. The molecule has 0 saturated carbocycles. The van der Waals surface area contributed by atoms with Crippen LogP contribution in [0.25, 0.3) is 0 Å². The summed E-state index contributed by atoms with van der Waals surface area (Å²) in [5.41, 5.74) is 4.55. The second-order valence-electron chi connectivity index (χ2n) is 4.97. The van der Waals surface area contributed by atoms with Crippen molar-refractivity contribution in [2.75, 3.05) is 24.3 Å². The van der Waals surface area contributed by atoms with Crippen LogP contribution in [0, 0.1) is 6.92 Å². The van der Waals surface area contributed by atoms with E-state index >= 15 is 0 Å². The van der Waals surface area contributed by atoms with Crippen molar-refractivity contribution in [1.82, 2.24) is 0 Å². The lowest BCUT2D eigenvalue weighted by Crippen LogP contribution is -2.12. The van der Waals surface area contributed by atoms with Gasteiger partial charge >= 0.3 is 0 Å². The number of anilines is 2. The van der Waals surface area contributed by atoms with E-state index in [2.05, 4.69) is 46.4 Å². The number of para-hydroxylation sites is 1. The van der Waals surface area contributed by atoms with E-state index in [0.29, 0.717) is 0 Å². The zero-order valence-electron chi connectivity index (χ0n) is 11.9. The molecule has 0 radical (unpaired) electrons. The molecule has 4 heteroatoms. The first kappa shape index (κ1) is 15.2. The van der Waals surface area contributed by atoms with Gasteiger partial charge in [0.25, 0.3) is 0 Å². The lowest BCUT2D eigenvalue weighted by molar-refractivity contribution is 1.10. The highest BCUT2D eigenvalue weighted by Crippen LogP contribution is 2.32. The van der Waals surface area contributed by atoms with E-state index in [9.17, 15) is 0 Å². The highest BCUT2D eigenvalue weighted by Gasteiger charge is 2.08. The maximum absolute atomic E-state index is 6.26. The standard InChI is InChI=1S/C16H18BrClN2/c1-11-9-12(7-8-13(11)17)10-19-15-6-4-5-14(18)16(15)20(2)3/h4-9,19H,10H2,1-3H3. The summed E-state index contributed by atoms with van der Waals surface area (Å²) in [6.07, 6.45) is 0. The smallest absolute Gasteiger partial charge is 0.0786 e. The quantitative estimate of drug-likeness (QED) is 0.823. The molecular weight excluding hydrogens is 336 g/mol. The number of aryl methyl sites for hydroxylation is 1. The largest absolute Gasteiger partial charge is 0.379 e. The maximum atomic E-state index is 6.26. The minimum atomic E-state index is 0.756. The first-order valence-electron chi connectivity index (χ1n) is 6.44. The van der Waals surface area contributed by atoms with Crippen molar-refractivity contribution in [3.8, 4) is 0 Å². The van der Waals surface area contributed by atoms with Gasteiger partial charge in [0.1, 0.15) is 0 Å². The van der Waals surface area contributed by atoms with Gasteiger partial charge in [0.05, 0.1) is 16.4 Å². The van der Waals surface area contributed by atoms with Gasteiger partial charge in [0.2, 0.25) is 0 Å². The molecule has 0 heterocycles. The molecule has 0 atom stereocenters. The third-order valence-corrected chi connectivity index (χ3v) is 4.33. The van der Waals surface area contributed by atoms with E-state index in [1.165, 1.54) is 11.1 Å². The molecule has 0 saturated heterocycles. The average molecular weight is 354 g/mol. The Bertz CT molecular complexity index is 611. The van der Waals surface area contributed by atoms with E-state index in [4.69, 9.17) is 11.6 Å². The molecule has 2 rings (SSSR count). The number of nitrogens with zero attached hydrogens (tertiary/aromatic N) is 1. The van der Waals surface area contributed by atoms with E-state index in [0.717, 1.165) is 27.4 Å². The third-order valence-electron chi connectivity index (χ3n) is 3.14. The molecule has 0 aliphatic heterocycles. The minimum Gasteiger partial charge on any atom is -0.379 e. The molecule has 1 N–H and O–H groups in total. The Kier molecular flexibility index (Phi) is 4.95. The van der Waals surface area contributed by atoms with Crippen LogP contribution in [0.2, 0.25) is 5.02 Å². The molecule has 0 aliphatic carbocycles. The zero-order valence-corrected chi connectivity index (χ0v) is 14.2. The predicted octanol–water partition coefficient (Wildman–Crippen LogP) is 5.09. The van der Waals surface area contributed by atoms with Crippen LogP contribution in [0.5, 0.6) is 0 Å². The van der Waals surface area contributed by atoms with E-state index in [1.54, 1.807) is 0 Å². The Morgan fingerprint density at radius 3 is 2.60 bits per heavy atom. The minimum absolute atomic E-state index is 0.756. The Balaban J connectivity index is 2.18. The summed E-state index contributed by atoms with van der Waals surface area (Å²) >= 11 is 9.79. The normalized spacial score (nSPS) is 10.4. The van der Waals surface area contributed by atoms with Crippen LogP contribution in [-0.4, -0.2) is 14.1 Å². The van der Waals surface area contributed by atoms with Crippen molar-refractivity contribution < 1.29 is 0 Å². The van der Waals surface area contributed by atoms with E-state index in [-0.39, 0.29) is 0 Å². The van der Waals surface area contributed by atoms with Crippen molar-refractivity contribution in [3.63, 3.8) is 0 Å². The molecular formula is C16H18BrClN2. The zero-order chi connectivity index (χ0) is 14.7. The maximum Gasteiger partial charge on any atom is 0.0786 e. The van der Waals surface area contributed by atoms with E-state index in [1.807, 2.05) is 37.2 Å². The third kappa shape index (κ3) is 3.47. The van der Waals surface area contributed by atoms with Gasteiger partial charge in [-0.1, -0.05) is 45.7 Å². The number of benzene rings is 2. The molecule has 0 fully saturated rings. The summed E-state index contributed by atoms with van der Waals surface area (Å²) in [6.45, 7) is 2.87. The fourth-order valence-electron chi connectivity index (χ4n) is 2.13. The lowest BCUT2D eigenvalue weighted by Gasteiger charge is -2.20. The van der Waals surface area contributed by atoms with Gasteiger partial charge < -0.3 is 10.2 Å². The number of hydrogen-bond donors (Lipinski definition) is 1. The number of halogens is 2. The van der Waals surface area contributed by atoms with Gasteiger partial charge in [-0.25, -0.2) is 0 Å². The number of hydrogen-bond acceptors (Lipinski definition) is 2. The van der Waals surface area contributed by atoms with Crippen LogP contribution in [0.4, 0.5) is 11.4 Å². The molecule has 0 unspecified atom stereocenters. The van der Waals surface area contributed by atoms with Crippen molar-refractivity contribution in [2.45, 2.75) is 13.5 Å². The summed E-state index contributed by atoms with van der Waals surface area (Å²) in [5, 5.41) is 4.21.